The molecule has 3 aromatic rings. The second-order valence-corrected chi connectivity index (χ2v) is 7.44. The number of para-hydroxylation sites is 2. The van der Waals surface area contributed by atoms with E-state index in [0.29, 0.717) is 47.3 Å². The molecule has 1 aromatic heterocycles. The van der Waals surface area contributed by atoms with Crippen molar-refractivity contribution in [3.05, 3.63) is 71.2 Å². The molecular weight excluding hydrogens is 410 g/mol. The molecule has 32 heavy (non-hydrogen) atoms. The summed E-state index contributed by atoms with van der Waals surface area (Å²) >= 11 is 0. The van der Waals surface area contributed by atoms with Crippen LogP contribution in [0.2, 0.25) is 0 Å². The number of aliphatic hydroxyl groups is 1. The number of fused-ring (bicyclic) bond motifs is 1. The number of carbonyl (C=O) groups excluding carboxylic acids is 1. The molecule has 9 heteroatoms. The van der Waals surface area contributed by atoms with E-state index in [0.717, 1.165) is 5.56 Å². The lowest BCUT2D eigenvalue weighted by Crippen LogP contribution is -2.31. The van der Waals surface area contributed by atoms with Gasteiger partial charge in [-0.15, -0.1) is 0 Å². The number of aliphatic hydroxyl groups excluding tert-OH is 1. The number of allylic oxidation sites excluding steroid dienone is 1. The molecule has 0 saturated heterocycles. The average Bonchev–Trinajstić information content (AvgIpc) is 3.20. The third-order valence-electron chi connectivity index (χ3n) is 5.26. The number of carbonyl (C=O) groups is 1. The average molecular weight is 435 g/mol. The van der Waals surface area contributed by atoms with E-state index in [2.05, 4.69) is 20.7 Å². The zero-order chi connectivity index (χ0) is 22.7. The van der Waals surface area contributed by atoms with E-state index in [1.165, 1.54) is 0 Å². The molecule has 0 aliphatic carbocycles. The number of aromatic hydroxyl groups is 1. The highest BCUT2D eigenvalue weighted by Crippen LogP contribution is 2.37. The number of amides is 1. The fourth-order valence-corrected chi connectivity index (χ4v) is 3.73. The fraction of sp³-hybridized carbons (Fsp3) is 0.261. The van der Waals surface area contributed by atoms with Gasteiger partial charge in [-0.05, 0) is 43.2 Å². The van der Waals surface area contributed by atoms with Crippen LogP contribution in [0.15, 0.2) is 59.8 Å². The summed E-state index contributed by atoms with van der Waals surface area (Å²) < 4.78 is 7.03. The summed E-state index contributed by atoms with van der Waals surface area (Å²) in [4.78, 5) is 18.0. The van der Waals surface area contributed by atoms with Gasteiger partial charge in [-0.2, -0.15) is 10.1 Å². The molecule has 1 aliphatic rings. The Balaban J connectivity index is 1.76. The molecule has 1 amide bonds. The van der Waals surface area contributed by atoms with Crippen LogP contribution < -0.4 is 15.4 Å². The number of rotatable bonds is 7. The van der Waals surface area contributed by atoms with Crippen molar-refractivity contribution in [3.63, 3.8) is 0 Å². The molecule has 166 valence electrons. The van der Waals surface area contributed by atoms with Gasteiger partial charge in [-0.1, -0.05) is 24.3 Å². The number of anilines is 2. The summed E-state index contributed by atoms with van der Waals surface area (Å²) in [6, 6.07) is 13.3. The highest BCUT2D eigenvalue weighted by atomic mass is 16.5. The summed E-state index contributed by atoms with van der Waals surface area (Å²) in [6.07, 6.45) is 1.06. The quantitative estimate of drug-likeness (QED) is 0.450. The number of ether oxygens (including phenoxy) is 1. The van der Waals surface area contributed by atoms with E-state index in [-0.39, 0.29) is 18.3 Å². The first-order valence-corrected chi connectivity index (χ1v) is 10.3. The molecule has 4 N–H and O–H groups in total. The van der Waals surface area contributed by atoms with Crippen molar-refractivity contribution in [2.45, 2.75) is 25.8 Å². The molecule has 0 unspecified atom stereocenters. The Hall–Kier alpha value is -3.85. The number of aryl methyl sites for hydroxylation is 1. The highest BCUT2D eigenvalue weighted by Gasteiger charge is 2.34. The standard InChI is InChI=1S/C23H25N5O4/c1-14-20(22(31)25-17-6-3-4-7-18(17)32-2)21(15-9-11-16(30)12-10-15)28-23(24-14)26-19(27-28)8-5-13-29/h3-4,6-7,9-12,21,29-30H,5,8,13H2,1-2H3,(H,25,31)(H,24,26,27)/t21-/m1/s1. The lowest BCUT2D eigenvalue weighted by Gasteiger charge is -2.28. The first-order chi connectivity index (χ1) is 15.5. The number of phenols is 1. The van der Waals surface area contributed by atoms with Crippen LogP contribution in [-0.4, -0.2) is 44.6 Å². The van der Waals surface area contributed by atoms with Crippen LogP contribution in [0.4, 0.5) is 11.6 Å². The molecular formula is C23H25N5O4. The van der Waals surface area contributed by atoms with E-state index < -0.39 is 6.04 Å². The largest absolute Gasteiger partial charge is 0.508 e. The Morgan fingerprint density at radius 1 is 1.22 bits per heavy atom. The third-order valence-corrected chi connectivity index (χ3v) is 5.26. The third kappa shape index (κ3) is 4.15. The monoisotopic (exact) mass is 435 g/mol. The number of benzene rings is 2. The summed E-state index contributed by atoms with van der Waals surface area (Å²) in [5.74, 6) is 1.46. The van der Waals surface area contributed by atoms with Gasteiger partial charge < -0.3 is 25.6 Å². The molecule has 0 saturated carbocycles. The van der Waals surface area contributed by atoms with E-state index >= 15 is 0 Å². The van der Waals surface area contributed by atoms with E-state index in [1.807, 2.05) is 19.1 Å². The molecule has 9 nitrogen and oxygen atoms in total. The van der Waals surface area contributed by atoms with Crippen LogP contribution in [0.3, 0.4) is 0 Å². The van der Waals surface area contributed by atoms with Crippen molar-refractivity contribution in [1.82, 2.24) is 14.8 Å². The van der Waals surface area contributed by atoms with Crippen molar-refractivity contribution in [3.8, 4) is 11.5 Å². The Morgan fingerprint density at radius 3 is 2.69 bits per heavy atom. The second kappa shape index (κ2) is 9.11. The maximum atomic E-state index is 13.5. The fourth-order valence-electron chi connectivity index (χ4n) is 3.73. The van der Waals surface area contributed by atoms with Crippen molar-refractivity contribution < 1.29 is 19.7 Å². The van der Waals surface area contributed by atoms with Crippen LogP contribution in [0.1, 0.15) is 30.8 Å². The maximum absolute atomic E-state index is 13.5. The minimum Gasteiger partial charge on any atom is -0.508 e. The van der Waals surface area contributed by atoms with Crippen molar-refractivity contribution in [2.24, 2.45) is 0 Å². The number of nitrogens with zero attached hydrogens (tertiary/aromatic N) is 3. The van der Waals surface area contributed by atoms with Gasteiger partial charge >= 0.3 is 0 Å². The Labute approximate surface area is 185 Å². The zero-order valence-corrected chi connectivity index (χ0v) is 17.9. The molecule has 1 atom stereocenters. The molecule has 1 aliphatic heterocycles. The number of methoxy groups -OCH3 is 1. The minimum absolute atomic E-state index is 0.0442. The zero-order valence-electron chi connectivity index (χ0n) is 17.9. The molecule has 0 fully saturated rings. The smallest absolute Gasteiger partial charge is 0.255 e. The van der Waals surface area contributed by atoms with Gasteiger partial charge in [0.15, 0.2) is 5.82 Å². The SMILES string of the molecule is COc1ccccc1NC(=O)C1=C(C)Nc2nc(CCCO)nn2[C@@H]1c1ccc(O)cc1. The Kier molecular flexibility index (Phi) is 6.09. The summed E-state index contributed by atoms with van der Waals surface area (Å²) in [7, 11) is 1.55. The van der Waals surface area contributed by atoms with E-state index in [9.17, 15) is 9.90 Å². The predicted molar refractivity (Wildman–Crippen MR) is 120 cm³/mol. The Bertz CT molecular complexity index is 1150. The number of aromatic nitrogens is 3. The number of nitrogens with one attached hydrogen (secondary N) is 2. The van der Waals surface area contributed by atoms with Crippen LogP contribution in [0, 0.1) is 0 Å². The maximum Gasteiger partial charge on any atom is 0.255 e. The van der Waals surface area contributed by atoms with Gasteiger partial charge in [0.25, 0.3) is 5.91 Å². The van der Waals surface area contributed by atoms with E-state index in [1.54, 1.807) is 48.2 Å². The molecule has 0 bridgehead atoms. The highest BCUT2D eigenvalue weighted by molar-refractivity contribution is 6.06. The molecule has 2 heterocycles. The number of phenolic OH excluding ortho intramolecular Hbond substituents is 1. The van der Waals surface area contributed by atoms with Crippen molar-refractivity contribution in [2.75, 3.05) is 24.4 Å². The first kappa shape index (κ1) is 21.4. The van der Waals surface area contributed by atoms with Crippen molar-refractivity contribution in [1.29, 1.82) is 0 Å². The molecule has 4 rings (SSSR count). The number of hydrogen-bond acceptors (Lipinski definition) is 7. The van der Waals surface area contributed by atoms with E-state index in [4.69, 9.17) is 9.84 Å². The molecule has 2 aromatic carbocycles. The van der Waals surface area contributed by atoms with Gasteiger partial charge in [0.05, 0.1) is 18.4 Å². The Morgan fingerprint density at radius 2 is 1.97 bits per heavy atom. The topological polar surface area (TPSA) is 122 Å². The van der Waals surface area contributed by atoms with Gasteiger partial charge in [0, 0.05) is 18.7 Å². The lowest BCUT2D eigenvalue weighted by atomic mass is 9.95. The second-order valence-electron chi connectivity index (χ2n) is 7.44. The van der Waals surface area contributed by atoms with Gasteiger partial charge in [-0.25, -0.2) is 4.68 Å². The first-order valence-electron chi connectivity index (χ1n) is 10.3. The summed E-state index contributed by atoms with van der Waals surface area (Å²) in [5, 5.41) is 29.6. The summed E-state index contributed by atoms with van der Waals surface area (Å²) in [6.45, 7) is 1.86. The minimum atomic E-state index is -0.558. The van der Waals surface area contributed by atoms with Crippen LogP contribution in [0.5, 0.6) is 11.5 Å². The molecule has 0 spiro atoms. The van der Waals surface area contributed by atoms with Crippen molar-refractivity contribution >= 4 is 17.5 Å². The predicted octanol–water partition coefficient (Wildman–Crippen LogP) is 2.84. The van der Waals surface area contributed by atoms with Crippen LogP contribution in [0.25, 0.3) is 0 Å². The summed E-state index contributed by atoms with van der Waals surface area (Å²) in [5.41, 5.74) is 2.43. The molecule has 0 radical (unpaired) electrons. The number of hydrogen-bond donors (Lipinski definition) is 4. The van der Waals surface area contributed by atoms with Gasteiger partial charge in [0.1, 0.15) is 17.5 Å². The van der Waals surface area contributed by atoms with Gasteiger partial charge in [0.2, 0.25) is 5.95 Å². The normalized spacial score (nSPS) is 15.2. The lowest BCUT2D eigenvalue weighted by molar-refractivity contribution is -0.113. The van der Waals surface area contributed by atoms with Crippen LogP contribution in [-0.2, 0) is 11.2 Å². The van der Waals surface area contributed by atoms with Gasteiger partial charge in [-0.3, -0.25) is 4.79 Å². The van der Waals surface area contributed by atoms with Crippen LogP contribution >= 0.6 is 0 Å².